The van der Waals surface area contributed by atoms with Gasteiger partial charge >= 0.3 is 0 Å². The van der Waals surface area contributed by atoms with Gasteiger partial charge in [0.15, 0.2) is 0 Å². The van der Waals surface area contributed by atoms with Crippen molar-refractivity contribution >= 4 is 5.91 Å². The first kappa shape index (κ1) is 14.3. The fourth-order valence-electron chi connectivity index (χ4n) is 3.86. The number of likely N-dealkylation sites (tertiary alicyclic amines) is 1. The maximum Gasteiger partial charge on any atom is 0.236 e. The SMILES string of the molecule is CC1CN(C(=O)CN2CCCC2C2CCCN2)CCO1. The first-order valence-electron chi connectivity index (χ1n) is 8.11. The molecule has 3 aliphatic heterocycles. The number of amides is 1. The summed E-state index contributed by atoms with van der Waals surface area (Å²) in [5.41, 5.74) is 0. The van der Waals surface area contributed by atoms with Gasteiger partial charge < -0.3 is 15.0 Å². The summed E-state index contributed by atoms with van der Waals surface area (Å²) >= 11 is 0. The maximum absolute atomic E-state index is 12.5. The minimum atomic E-state index is 0.179. The Labute approximate surface area is 121 Å². The van der Waals surface area contributed by atoms with Crippen LogP contribution in [-0.2, 0) is 9.53 Å². The number of nitrogens with one attached hydrogen (secondary N) is 1. The Kier molecular flexibility index (Phi) is 4.58. The van der Waals surface area contributed by atoms with E-state index < -0.39 is 0 Å². The summed E-state index contributed by atoms with van der Waals surface area (Å²) in [5.74, 6) is 0.282. The van der Waals surface area contributed by atoms with Gasteiger partial charge in [0.05, 0.1) is 19.3 Å². The van der Waals surface area contributed by atoms with E-state index in [4.69, 9.17) is 4.74 Å². The van der Waals surface area contributed by atoms with Crippen molar-refractivity contribution in [3.05, 3.63) is 0 Å². The van der Waals surface area contributed by atoms with Gasteiger partial charge in [0.2, 0.25) is 5.91 Å². The highest BCUT2D eigenvalue weighted by atomic mass is 16.5. The number of carbonyl (C=O) groups is 1. The second-order valence-electron chi connectivity index (χ2n) is 6.40. The fraction of sp³-hybridized carbons (Fsp3) is 0.933. The number of ether oxygens (including phenoxy) is 1. The zero-order chi connectivity index (χ0) is 13.9. The quantitative estimate of drug-likeness (QED) is 0.816. The average molecular weight is 281 g/mol. The first-order valence-corrected chi connectivity index (χ1v) is 8.11. The summed E-state index contributed by atoms with van der Waals surface area (Å²) in [4.78, 5) is 16.9. The Morgan fingerprint density at radius 3 is 2.95 bits per heavy atom. The monoisotopic (exact) mass is 281 g/mol. The van der Waals surface area contributed by atoms with E-state index in [-0.39, 0.29) is 12.0 Å². The van der Waals surface area contributed by atoms with E-state index in [1.807, 2.05) is 11.8 Å². The summed E-state index contributed by atoms with van der Waals surface area (Å²) in [6, 6.07) is 1.17. The molecule has 0 aromatic carbocycles. The third kappa shape index (κ3) is 3.15. The maximum atomic E-state index is 12.5. The number of hydrogen-bond acceptors (Lipinski definition) is 4. The molecule has 0 radical (unpaired) electrons. The molecule has 3 fully saturated rings. The molecule has 1 N–H and O–H groups in total. The van der Waals surface area contributed by atoms with Gasteiger partial charge in [0, 0.05) is 25.2 Å². The predicted octanol–water partition coefficient (Wildman–Crippen LogP) is 0.450. The molecule has 0 spiro atoms. The number of nitrogens with zero attached hydrogens (tertiary/aromatic N) is 2. The molecule has 5 heteroatoms. The Hall–Kier alpha value is -0.650. The van der Waals surface area contributed by atoms with Gasteiger partial charge in [-0.1, -0.05) is 0 Å². The zero-order valence-corrected chi connectivity index (χ0v) is 12.5. The van der Waals surface area contributed by atoms with Gasteiger partial charge in [-0.3, -0.25) is 9.69 Å². The highest BCUT2D eigenvalue weighted by molar-refractivity contribution is 5.78. The molecule has 3 heterocycles. The Bertz CT molecular complexity index is 344. The number of carbonyl (C=O) groups excluding carboxylic acids is 1. The van der Waals surface area contributed by atoms with Crippen LogP contribution >= 0.6 is 0 Å². The van der Waals surface area contributed by atoms with Crippen molar-refractivity contribution in [2.24, 2.45) is 0 Å². The lowest BCUT2D eigenvalue weighted by molar-refractivity contribution is -0.139. The van der Waals surface area contributed by atoms with Gasteiger partial charge in [-0.25, -0.2) is 0 Å². The minimum absolute atomic E-state index is 0.179. The molecule has 3 rings (SSSR count). The average Bonchev–Trinajstić information content (AvgIpc) is 3.08. The summed E-state index contributed by atoms with van der Waals surface area (Å²) in [7, 11) is 0. The lowest BCUT2D eigenvalue weighted by Gasteiger charge is -2.34. The van der Waals surface area contributed by atoms with Gasteiger partial charge in [-0.05, 0) is 45.7 Å². The summed E-state index contributed by atoms with van der Waals surface area (Å²) in [6.45, 7) is 7.04. The van der Waals surface area contributed by atoms with Crippen LogP contribution in [0.4, 0.5) is 0 Å². The van der Waals surface area contributed by atoms with E-state index in [1.165, 1.54) is 25.7 Å². The van der Waals surface area contributed by atoms with E-state index in [0.29, 0.717) is 25.2 Å². The molecule has 0 saturated carbocycles. The lowest BCUT2D eigenvalue weighted by Crippen LogP contribution is -2.51. The van der Waals surface area contributed by atoms with E-state index in [9.17, 15) is 4.79 Å². The smallest absolute Gasteiger partial charge is 0.236 e. The molecule has 5 nitrogen and oxygen atoms in total. The number of morpholine rings is 1. The normalized spacial score (nSPS) is 35.6. The van der Waals surface area contributed by atoms with Crippen LogP contribution < -0.4 is 5.32 Å². The Morgan fingerprint density at radius 1 is 1.30 bits per heavy atom. The second kappa shape index (κ2) is 6.41. The lowest BCUT2D eigenvalue weighted by atomic mass is 10.0. The summed E-state index contributed by atoms with van der Waals surface area (Å²) in [5, 5.41) is 3.60. The number of hydrogen-bond donors (Lipinski definition) is 1. The molecule has 0 aliphatic carbocycles. The van der Waals surface area contributed by atoms with Crippen LogP contribution in [0, 0.1) is 0 Å². The van der Waals surface area contributed by atoms with Gasteiger partial charge in [0.25, 0.3) is 0 Å². The molecule has 1 amide bonds. The van der Waals surface area contributed by atoms with Crippen LogP contribution in [0.5, 0.6) is 0 Å². The molecular formula is C15H27N3O2. The highest BCUT2D eigenvalue weighted by Crippen LogP contribution is 2.24. The van der Waals surface area contributed by atoms with Crippen LogP contribution in [0.15, 0.2) is 0 Å². The van der Waals surface area contributed by atoms with E-state index >= 15 is 0 Å². The van der Waals surface area contributed by atoms with E-state index in [1.54, 1.807) is 0 Å². The molecule has 20 heavy (non-hydrogen) atoms. The molecule has 3 aliphatic rings. The van der Waals surface area contributed by atoms with Gasteiger partial charge in [-0.15, -0.1) is 0 Å². The van der Waals surface area contributed by atoms with Crippen molar-refractivity contribution in [2.45, 2.75) is 50.8 Å². The molecule has 0 aromatic rings. The minimum Gasteiger partial charge on any atom is -0.375 e. The van der Waals surface area contributed by atoms with Crippen LogP contribution in [0.2, 0.25) is 0 Å². The van der Waals surface area contributed by atoms with Crippen molar-refractivity contribution in [1.82, 2.24) is 15.1 Å². The van der Waals surface area contributed by atoms with Crippen molar-refractivity contribution in [2.75, 3.05) is 39.3 Å². The molecule has 3 saturated heterocycles. The largest absolute Gasteiger partial charge is 0.375 e. The third-order valence-corrected chi connectivity index (χ3v) is 4.91. The van der Waals surface area contributed by atoms with Crippen molar-refractivity contribution in [1.29, 1.82) is 0 Å². The molecule has 0 aromatic heterocycles. The van der Waals surface area contributed by atoms with Crippen LogP contribution in [0.3, 0.4) is 0 Å². The van der Waals surface area contributed by atoms with E-state index in [2.05, 4.69) is 10.2 Å². The third-order valence-electron chi connectivity index (χ3n) is 4.91. The van der Waals surface area contributed by atoms with E-state index in [0.717, 1.165) is 26.2 Å². The molecule has 3 atom stereocenters. The Balaban J connectivity index is 1.54. The molecule has 114 valence electrons. The highest BCUT2D eigenvalue weighted by Gasteiger charge is 2.35. The summed E-state index contributed by atoms with van der Waals surface area (Å²) in [6.07, 6.45) is 5.20. The first-order chi connectivity index (χ1) is 9.74. The van der Waals surface area contributed by atoms with Crippen molar-refractivity contribution in [3.8, 4) is 0 Å². The van der Waals surface area contributed by atoms with Gasteiger partial charge in [-0.2, -0.15) is 0 Å². The van der Waals surface area contributed by atoms with Crippen molar-refractivity contribution < 1.29 is 9.53 Å². The second-order valence-corrected chi connectivity index (χ2v) is 6.40. The van der Waals surface area contributed by atoms with Crippen molar-refractivity contribution in [3.63, 3.8) is 0 Å². The fourth-order valence-corrected chi connectivity index (χ4v) is 3.86. The van der Waals surface area contributed by atoms with Crippen LogP contribution in [0.1, 0.15) is 32.6 Å². The molecule has 0 bridgehead atoms. The Morgan fingerprint density at radius 2 is 2.20 bits per heavy atom. The summed E-state index contributed by atoms with van der Waals surface area (Å²) < 4.78 is 5.51. The molecule has 3 unspecified atom stereocenters. The standard InChI is InChI=1S/C15H27N3O2/c1-12-10-18(8-9-20-12)15(19)11-17-7-3-5-14(17)13-4-2-6-16-13/h12-14,16H,2-11H2,1H3. The van der Waals surface area contributed by atoms with Gasteiger partial charge in [0.1, 0.15) is 0 Å². The van der Waals surface area contributed by atoms with Crippen LogP contribution in [-0.4, -0.2) is 73.2 Å². The number of rotatable bonds is 3. The van der Waals surface area contributed by atoms with Crippen LogP contribution in [0.25, 0.3) is 0 Å². The zero-order valence-electron chi connectivity index (χ0n) is 12.5. The topological polar surface area (TPSA) is 44.8 Å². The molecular weight excluding hydrogens is 254 g/mol. The predicted molar refractivity (Wildman–Crippen MR) is 77.6 cm³/mol.